The van der Waals surface area contributed by atoms with Crippen LogP contribution in [-0.4, -0.2) is 69.3 Å². The molecule has 0 bridgehead atoms. The van der Waals surface area contributed by atoms with Crippen LogP contribution < -0.4 is 24.0 Å². The number of nitrogens with one attached hydrogen (secondary N) is 2. The van der Waals surface area contributed by atoms with Crippen LogP contribution in [0.2, 0.25) is 0 Å². The predicted octanol–water partition coefficient (Wildman–Crippen LogP) is 1.76. The van der Waals surface area contributed by atoms with Gasteiger partial charge in [-0.15, -0.1) is 16.8 Å². The van der Waals surface area contributed by atoms with Gasteiger partial charge in [-0.1, -0.05) is 18.2 Å². The number of aromatic nitrogens is 8. The highest BCUT2D eigenvalue weighted by molar-refractivity contribution is 7.92. The van der Waals surface area contributed by atoms with Crippen LogP contribution in [0.4, 0.5) is 5.82 Å². The number of hydrogen-bond donors (Lipinski definition) is 2. The molecule has 0 aliphatic rings. The normalized spacial score (nSPS) is 11.2. The molecule has 16 heteroatoms. The third-order valence-corrected chi connectivity index (χ3v) is 6.68. The van der Waals surface area contributed by atoms with Crippen molar-refractivity contribution >= 4 is 15.8 Å². The number of benzene rings is 1. The monoisotopic (exact) mass is 576 g/mol. The van der Waals surface area contributed by atoms with E-state index in [-0.39, 0.29) is 46.5 Å². The maximum absolute atomic E-state index is 13.4. The SMILES string of the molecule is COc1ccccc1Oc1c(NS(=O)(=O)c2ccc(C)cn2)nc(-c2ccnc(-c3nn[nH]n3)c2)nc1OCC[O-]. The molecular formula is C25H22N9O6S-. The quantitative estimate of drug-likeness (QED) is 0.230. The Kier molecular flexibility index (Phi) is 7.93. The Morgan fingerprint density at radius 1 is 1.02 bits per heavy atom. The van der Waals surface area contributed by atoms with E-state index in [1.165, 1.54) is 25.6 Å². The number of nitrogens with zero attached hydrogens (tertiary/aromatic N) is 7. The van der Waals surface area contributed by atoms with Crippen LogP contribution in [0.3, 0.4) is 0 Å². The zero-order valence-electron chi connectivity index (χ0n) is 21.7. The number of aryl methyl sites for hydroxylation is 1. The summed E-state index contributed by atoms with van der Waals surface area (Å²) in [6.45, 7) is 0.901. The van der Waals surface area contributed by atoms with Crippen molar-refractivity contribution < 1.29 is 27.7 Å². The Labute approximate surface area is 233 Å². The Hall–Kier alpha value is -5.22. The van der Waals surface area contributed by atoms with Gasteiger partial charge in [0, 0.05) is 18.0 Å². The minimum Gasteiger partial charge on any atom is -0.852 e. The molecule has 5 rings (SSSR count). The second-order valence-corrected chi connectivity index (χ2v) is 9.91. The van der Waals surface area contributed by atoms with Crippen LogP contribution in [0, 0.1) is 6.92 Å². The number of rotatable bonds is 11. The van der Waals surface area contributed by atoms with Crippen LogP contribution in [0.1, 0.15) is 5.56 Å². The predicted molar refractivity (Wildman–Crippen MR) is 142 cm³/mol. The molecule has 0 saturated heterocycles. The van der Waals surface area contributed by atoms with Crippen molar-refractivity contribution in [3.8, 4) is 46.0 Å². The van der Waals surface area contributed by atoms with Crippen LogP contribution in [0.25, 0.3) is 22.9 Å². The van der Waals surface area contributed by atoms with Crippen molar-refractivity contribution in [2.75, 3.05) is 25.0 Å². The molecule has 0 aliphatic carbocycles. The third-order valence-electron chi connectivity index (χ3n) is 5.42. The first kappa shape index (κ1) is 27.4. The van der Waals surface area contributed by atoms with E-state index >= 15 is 0 Å². The van der Waals surface area contributed by atoms with Crippen molar-refractivity contribution in [3.05, 3.63) is 66.5 Å². The standard InChI is InChI=1S/C25H22N9O6S/c1-15-7-8-20(27-14-15)41(36,37)32-24-21(40-19-6-4-3-5-18(19)38-2)25(39-12-11-35)29-22(28-24)16-9-10-26-17(13-16)23-30-33-34-31-23/h3-10,13-14H,11-12H2,1-2H3,(H,28,29,32)(H,30,31,33,34)/q-1. The molecule has 41 heavy (non-hydrogen) atoms. The number of ether oxygens (including phenoxy) is 3. The maximum atomic E-state index is 13.4. The largest absolute Gasteiger partial charge is 0.852 e. The molecule has 0 aliphatic heterocycles. The molecule has 0 fully saturated rings. The highest BCUT2D eigenvalue weighted by atomic mass is 32.2. The summed E-state index contributed by atoms with van der Waals surface area (Å²) in [6, 6.07) is 12.8. The minimum absolute atomic E-state index is 0.0278. The fraction of sp³-hybridized carbons (Fsp3) is 0.160. The molecule has 0 unspecified atom stereocenters. The Bertz CT molecular complexity index is 1750. The average molecular weight is 577 g/mol. The lowest BCUT2D eigenvalue weighted by Gasteiger charge is -2.18. The molecule has 210 valence electrons. The molecule has 15 nitrogen and oxygen atoms in total. The fourth-order valence-electron chi connectivity index (χ4n) is 3.52. The number of anilines is 1. The number of pyridine rings is 2. The summed E-state index contributed by atoms with van der Waals surface area (Å²) in [6.07, 6.45) is 2.90. The number of aromatic amines is 1. The minimum atomic E-state index is -4.27. The molecule has 4 aromatic heterocycles. The summed E-state index contributed by atoms with van der Waals surface area (Å²) in [5, 5.41) is 24.8. The molecule has 4 heterocycles. The van der Waals surface area contributed by atoms with Crippen molar-refractivity contribution in [1.29, 1.82) is 0 Å². The summed E-state index contributed by atoms with van der Waals surface area (Å²) in [4.78, 5) is 17.2. The number of hydrogen-bond acceptors (Lipinski definition) is 13. The van der Waals surface area contributed by atoms with Crippen molar-refractivity contribution in [2.24, 2.45) is 0 Å². The Morgan fingerprint density at radius 3 is 2.56 bits per heavy atom. The highest BCUT2D eigenvalue weighted by Crippen LogP contribution is 2.41. The van der Waals surface area contributed by atoms with Gasteiger partial charge in [-0.2, -0.15) is 18.6 Å². The molecule has 5 aromatic rings. The van der Waals surface area contributed by atoms with Gasteiger partial charge in [-0.05, 0) is 48.0 Å². The zero-order chi connectivity index (χ0) is 28.8. The number of sulfonamides is 1. The van der Waals surface area contributed by atoms with Crippen molar-refractivity contribution in [3.63, 3.8) is 0 Å². The van der Waals surface area contributed by atoms with Gasteiger partial charge in [0.15, 0.2) is 28.2 Å². The van der Waals surface area contributed by atoms with Gasteiger partial charge in [0.05, 0.1) is 13.7 Å². The van der Waals surface area contributed by atoms with Gasteiger partial charge in [0.2, 0.25) is 11.6 Å². The topological polar surface area (TPSA) is 203 Å². The highest BCUT2D eigenvalue weighted by Gasteiger charge is 2.26. The van der Waals surface area contributed by atoms with E-state index in [0.29, 0.717) is 17.0 Å². The second-order valence-electron chi connectivity index (χ2n) is 8.28. The smallest absolute Gasteiger partial charge is 0.280 e. The summed E-state index contributed by atoms with van der Waals surface area (Å²) in [5.41, 5.74) is 1.53. The van der Waals surface area contributed by atoms with Crippen LogP contribution >= 0.6 is 0 Å². The van der Waals surface area contributed by atoms with E-state index in [9.17, 15) is 13.5 Å². The molecule has 0 atom stereocenters. The molecule has 0 saturated carbocycles. The number of methoxy groups -OCH3 is 1. The van der Waals surface area contributed by atoms with Crippen molar-refractivity contribution in [2.45, 2.75) is 11.9 Å². The van der Waals surface area contributed by atoms with Crippen LogP contribution in [-0.2, 0) is 10.0 Å². The first-order valence-corrected chi connectivity index (χ1v) is 13.5. The number of H-pyrrole nitrogens is 1. The van der Waals surface area contributed by atoms with E-state index in [0.717, 1.165) is 5.56 Å². The lowest BCUT2D eigenvalue weighted by atomic mass is 10.2. The van der Waals surface area contributed by atoms with Gasteiger partial charge in [-0.3, -0.25) is 9.71 Å². The van der Waals surface area contributed by atoms with E-state index in [1.807, 2.05) is 0 Å². The van der Waals surface area contributed by atoms with Crippen LogP contribution in [0.15, 0.2) is 66.0 Å². The Balaban J connectivity index is 1.67. The van der Waals surface area contributed by atoms with E-state index in [2.05, 4.69) is 45.3 Å². The molecule has 2 N–H and O–H groups in total. The summed E-state index contributed by atoms with van der Waals surface area (Å²) in [7, 11) is -2.81. The summed E-state index contributed by atoms with van der Waals surface area (Å²) >= 11 is 0. The molecule has 0 radical (unpaired) electrons. The first-order chi connectivity index (χ1) is 19.9. The third kappa shape index (κ3) is 6.18. The number of tetrazole rings is 1. The lowest BCUT2D eigenvalue weighted by molar-refractivity contribution is -0.371. The van der Waals surface area contributed by atoms with Gasteiger partial charge in [0.25, 0.3) is 15.9 Å². The molecule has 0 amide bonds. The lowest BCUT2D eigenvalue weighted by Crippen LogP contribution is -2.19. The van der Waals surface area contributed by atoms with Crippen LogP contribution in [0.5, 0.6) is 23.1 Å². The summed E-state index contributed by atoms with van der Waals surface area (Å²) in [5.74, 6) is 0.146. The van der Waals surface area contributed by atoms with Gasteiger partial charge < -0.3 is 19.3 Å². The maximum Gasteiger partial charge on any atom is 0.280 e. The van der Waals surface area contributed by atoms with Gasteiger partial charge in [-0.25, -0.2) is 9.97 Å². The Morgan fingerprint density at radius 2 is 1.85 bits per heavy atom. The average Bonchev–Trinajstić information content (AvgIpc) is 3.53. The second kappa shape index (κ2) is 11.9. The zero-order valence-corrected chi connectivity index (χ0v) is 22.5. The van der Waals surface area contributed by atoms with Gasteiger partial charge >= 0.3 is 0 Å². The van der Waals surface area contributed by atoms with Gasteiger partial charge in [0.1, 0.15) is 5.69 Å². The fourth-order valence-corrected chi connectivity index (χ4v) is 4.46. The van der Waals surface area contributed by atoms with E-state index in [4.69, 9.17) is 14.2 Å². The van der Waals surface area contributed by atoms with Crippen molar-refractivity contribution in [1.82, 2.24) is 40.6 Å². The molecule has 1 aromatic carbocycles. The molecular weight excluding hydrogens is 554 g/mol. The molecule has 0 spiro atoms. The number of para-hydroxylation sites is 2. The first-order valence-electron chi connectivity index (χ1n) is 12.0. The summed E-state index contributed by atoms with van der Waals surface area (Å²) < 4.78 is 46.3. The van der Waals surface area contributed by atoms with E-state index < -0.39 is 16.6 Å². The van der Waals surface area contributed by atoms with E-state index in [1.54, 1.807) is 49.4 Å².